The van der Waals surface area contributed by atoms with Gasteiger partial charge in [-0.05, 0) is 44.3 Å². The number of likely N-dealkylation sites (N-methyl/N-ethyl adjacent to an activating group) is 1. The van der Waals surface area contributed by atoms with Gasteiger partial charge in [0, 0.05) is 18.7 Å². The fourth-order valence-corrected chi connectivity index (χ4v) is 3.94. The summed E-state index contributed by atoms with van der Waals surface area (Å²) in [5.41, 5.74) is 2.03. The van der Waals surface area contributed by atoms with E-state index in [0.717, 1.165) is 29.9 Å². The Morgan fingerprint density at radius 1 is 1.07 bits per heavy atom. The molecule has 0 atom stereocenters. The van der Waals surface area contributed by atoms with Crippen LogP contribution in [0.2, 0.25) is 0 Å². The third-order valence-corrected chi connectivity index (χ3v) is 5.71. The molecule has 0 unspecified atom stereocenters. The second-order valence-corrected chi connectivity index (χ2v) is 7.44. The van der Waals surface area contributed by atoms with Crippen LogP contribution in [0.25, 0.3) is 10.2 Å². The number of para-hydroxylation sites is 1. The van der Waals surface area contributed by atoms with Crippen LogP contribution in [0.3, 0.4) is 0 Å². The Labute approximate surface area is 175 Å². The molecular formula is C21H25ClFN3OS. The molecule has 2 aromatic carbocycles. The average molecular weight is 422 g/mol. The summed E-state index contributed by atoms with van der Waals surface area (Å²) in [6, 6.07) is 12.4. The van der Waals surface area contributed by atoms with E-state index in [2.05, 4.69) is 23.7 Å². The van der Waals surface area contributed by atoms with Crippen molar-refractivity contribution in [2.45, 2.75) is 20.8 Å². The smallest absolute Gasteiger partial charge is 0.260 e. The first kappa shape index (κ1) is 22.3. The number of aromatic nitrogens is 1. The minimum atomic E-state index is -0.360. The van der Waals surface area contributed by atoms with Crippen LogP contribution in [-0.2, 0) is 0 Å². The monoisotopic (exact) mass is 421 g/mol. The number of hydrogen-bond donors (Lipinski definition) is 0. The third kappa shape index (κ3) is 4.87. The number of benzene rings is 2. The Morgan fingerprint density at radius 3 is 2.36 bits per heavy atom. The normalized spacial score (nSPS) is 10.9. The Morgan fingerprint density at radius 2 is 1.75 bits per heavy atom. The van der Waals surface area contributed by atoms with Crippen LogP contribution < -0.4 is 4.90 Å². The number of amides is 1. The number of halogens is 2. The van der Waals surface area contributed by atoms with Gasteiger partial charge in [0.25, 0.3) is 5.91 Å². The highest BCUT2D eigenvalue weighted by atomic mass is 35.5. The highest BCUT2D eigenvalue weighted by Crippen LogP contribution is 2.31. The number of fused-ring (bicyclic) bond motifs is 1. The second-order valence-electron chi connectivity index (χ2n) is 6.43. The summed E-state index contributed by atoms with van der Waals surface area (Å²) in [4.78, 5) is 21.6. The number of rotatable bonds is 7. The lowest BCUT2D eigenvalue weighted by Gasteiger charge is -2.24. The lowest BCUT2D eigenvalue weighted by atomic mass is 10.1. The average Bonchev–Trinajstić information content (AvgIpc) is 3.11. The van der Waals surface area contributed by atoms with Crippen LogP contribution in [0, 0.1) is 12.7 Å². The molecule has 7 heteroatoms. The maximum absolute atomic E-state index is 14.1. The summed E-state index contributed by atoms with van der Waals surface area (Å²) >= 11 is 1.35. The van der Waals surface area contributed by atoms with Crippen LogP contribution in [-0.4, -0.2) is 42.0 Å². The molecular weight excluding hydrogens is 397 g/mol. The standard InChI is InChI=1S/C21H24FN3OS.ClH/c1-4-24(5-2)13-14-25(20(26)16-11-9-15(3)10-12-16)21-23-19-17(22)7-6-8-18(19)27-21;/h6-12H,4-5,13-14H2,1-3H3;1H. The first-order valence-corrected chi connectivity index (χ1v) is 10.0. The predicted molar refractivity (Wildman–Crippen MR) is 117 cm³/mol. The fourth-order valence-electron chi connectivity index (χ4n) is 2.94. The molecule has 0 radical (unpaired) electrons. The van der Waals surface area contributed by atoms with Gasteiger partial charge in [-0.3, -0.25) is 9.69 Å². The van der Waals surface area contributed by atoms with Gasteiger partial charge in [-0.15, -0.1) is 12.4 Å². The van der Waals surface area contributed by atoms with Crippen molar-refractivity contribution in [1.82, 2.24) is 9.88 Å². The van der Waals surface area contributed by atoms with Gasteiger partial charge in [-0.1, -0.05) is 48.9 Å². The summed E-state index contributed by atoms with van der Waals surface area (Å²) in [6.07, 6.45) is 0. The molecule has 0 bridgehead atoms. The van der Waals surface area contributed by atoms with Gasteiger partial charge in [0.1, 0.15) is 11.3 Å². The van der Waals surface area contributed by atoms with E-state index in [0.29, 0.717) is 22.8 Å². The maximum atomic E-state index is 14.1. The second kappa shape index (κ2) is 9.96. The predicted octanol–water partition coefficient (Wildman–Crippen LogP) is 5.15. The Bertz CT molecular complexity index is 925. The van der Waals surface area contributed by atoms with Crippen molar-refractivity contribution < 1.29 is 9.18 Å². The quantitative estimate of drug-likeness (QED) is 0.529. The summed E-state index contributed by atoms with van der Waals surface area (Å²) < 4.78 is 14.8. The number of hydrogen-bond acceptors (Lipinski definition) is 4. The van der Waals surface area contributed by atoms with E-state index in [4.69, 9.17) is 0 Å². The van der Waals surface area contributed by atoms with Crippen molar-refractivity contribution >= 4 is 45.0 Å². The van der Waals surface area contributed by atoms with Crippen LogP contribution >= 0.6 is 23.7 Å². The van der Waals surface area contributed by atoms with Crippen molar-refractivity contribution in [3.63, 3.8) is 0 Å². The summed E-state index contributed by atoms with van der Waals surface area (Å²) in [5, 5.41) is 0.535. The van der Waals surface area contributed by atoms with Gasteiger partial charge >= 0.3 is 0 Å². The number of carbonyl (C=O) groups excluding carboxylic acids is 1. The Balaban J connectivity index is 0.00000280. The molecule has 0 spiro atoms. The molecule has 0 aliphatic carbocycles. The molecule has 0 saturated heterocycles. The van der Waals surface area contributed by atoms with Gasteiger partial charge in [0.2, 0.25) is 0 Å². The van der Waals surface area contributed by atoms with Crippen molar-refractivity contribution in [2.24, 2.45) is 0 Å². The first-order chi connectivity index (χ1) is 13.0. The molecule has 0 fully saturated rings. The zero-order chi connectivity index (χ0) is 19.4. The molecule has 28 heavy (non-hydrogen) atoms. The first-order valence-electron chi connectivity index (χ1n) is 9.19. The molecule has 3 aromatic rings. The lowest BCUT2D eigenvalue weighted by molar-refractivity contribution is 0.0984. The largest absolute Gasteiger partial charge is 0.302 e. The van der Waals surface area contributed by atoms with E-state index in [9.17, 15) is 9.18 Å². The topological polar surface area (TPSA) is 36.4 Å². The Hall–Kier alpha value is -2.02. The number of aryl methyl sites for hydroxylation is 1. The van der Waals surface area contributed by atoms with Crippen molar-refractivity contribution in [1.29, 1.82) is 0 Å². The third-order valence-electron chi connectivity index (χ3n) is 4.67. The number of carbonyl (C=O) groups is 1. The van der Waals surface area contributed by atoms with Crippen LogP contribution in [0.5, 0.6) is 0 Å². The van der Waals surface area contributed by atoms with Crippen molar-refractivity contribution in [3.05, 3.63) is 59.4 Å². The van der Waals surface area contributed by atoms with E-state index >= 15 is 0 Å². The maximum Gasteiger partial charge on any atom is 0.260 e. The van der Waals surface area contributed by atoms with E-state index < -0.39 is 0 Å². The van der Waals surface area contributed by atoms with Gasteiger partial charge < -0.3 is 4.90 Å². The van der Waals surface area contributed by atoms with Crippen LogP contribution in [0.4, 0.5) is 9.52 Å². The highest BCUT2D eigenvalue weighted by molar-refractivity contribution is 7.22. The molecule has 0 N–H and O–H groups in total. The summed E-state index contributed by atoms with van der Waals surface area (Å²) in [6.45, 7) is 9.27. The van der Waals surface area contributed by atoms with E-state index in [-0.39, 0.29) is 24.1 Å². The van der Waals surface area contributed by atoms with Gasteiger partial charge in [-0.2, -0.15) is 0 Å². The van der Waals surface area contributed by atoms with E-state index in [1.165, 1.54) is 17.4 Å². The van der Waals surface area contributed by atoms with Crippen LogP contribution in [0.15, 0.2) is 42.5 Å². The minimum Gasteiger partial charge on any atom is -0.302 e. The number of anilines is 1. The highest BCUT2D eigenvalue weighted by Gasteiger charge is 2.22. The van der Waals surface area contributed by atoms with Gasteiger partial charge in [0.15, 0.2) is 5.13 Å². The zero-order valence-electron chi connectivity index (χ0n) is 16.3. The minimum absolute atomic E-state index is 0. The molecule has 1 heterocycles. The van der Waals surface area contributed by atoms with Crippen molar-refractivity contribution in [3.8, 4) is 0 Å². The summed E-state index contributed by atoms with van der Waals surface area (Å²) in [5.74, 6) is -0.469. The van der Waals surface area contributed by atoms with Gasteiger partial charge in [-0.25, -0.2) is 9.37 Å². The summed E-state index contributed by atoms with van der Waals surface area (Å²) in [7, 11) is 0. The Kier molecular flexibility index (Phi) is 7.92. The van der Waals surface area contributed by atoms with Crippen LogP contribution in [0.1, 0.15) is 29.8 Å². The zero-order valence-corrected chi connectivity index (χ0v) is 17.9. The molecule has 0 aliphatic rings. The van der Waals surface area contributed by atoms with E-state index in [1.54, 1.807) is 11.0 Å². The van der Waals surface area contributed by atoms with Gasteiger partial charge in [0.05, 0.1) is 4.70 Å². The van der Waals surface area contributed by atoms with E-state index in [1.807, 2.05) is 37.3 Å². The fraction of sp³-hybridized carbons (Fsp3) is 0.333. The molecule has 0 saturated carbocycles. The number of thiazole rings is 1. The molecule has 1 aromatic heterocycles. The van der Waals surface area contributed by atoms with Crippen molar-refractivity contribution in [2.75, 3.05) is 31.1 Å². The SMILES string of the molecule is CCN(CC)CCN(C(=O)c1ccc(C)cc1)c1nc2c(F)cccc2s1.Cl. The number of nitrogens with zero attached hydrogens (tertiary/aromatic N) is 3. The molecule has 4 nitrogen and oxygen atoms in total. The lowest BCUT2D eigenvalue weighted by Crippen LogP contribution is -2.38. The molecule has 0 aliphatic heterocycles. The molecule has 3 rings (SSSR count). The molecule has 1 amide bonds. The molecule has 150 valence electrons.